The SMILES string of the molecule is C[C@@H]1O[C@H](O[C@@H]2[C@@H](O)[C@H](O[C@H]3O[C@@H](C)[C@@H](O)[C@@H](O)[C@@H]3O[C@@H]3O[C@H](CO)[C@@H](O)[C@H](O)[C@H]3O)[C@@H](CO)O[C@H]2O)[C@H](O)[C@H](O)[C@H]1O. The lowest BCUT2D eigenvalue weighted by Gasteiger charge is -2.49. The fourth-order valence-corrected chi connectivity index (χ4v) is 5.40. The van der Waals surface area contributed by atoms with Gasteiger partial charge in [0.15, 0.2) is 25.2 Å². The number of hydrogen-bond acceptors (Lipinski definition) is 19. The number of aliphatic hydroxyl groups is 12. The Morgan fingerprint density at radius 1 is 0.419 bits per heavy atom. The molecule has 0 radical (unpaired) electrons. The number of ether oxygens (including phenoxy) is 7. The van der Waals surface area contributed by atoms with Gasteiger partial charge in [0.05, 0.1) is 25.4 Å². The molecule has 0 aromatic carbocycles. The predicted octanol–water partition coefficient (Wildman–Crippen LogP) is -7.69. The molecule has 0 unspecified atom stereocenters. The first kappa shape index (κ1) is 35.1. The smallest absolute Gasteiger partial charge is 0.187 e. The zero-order valence-corrected chi connectivity index (χ0v) is 23.2. The quantitative estimate of drug-likeness (QED) is 0.118. The molecule has 19 nitrogen and oxygen atoms in total. The molecule has 20 atom stereocenters. The van der Waals surface area contributed by atoms with E-state index in [4.69, 9.17) is 33.2 Å². The van der Waals surface area contributed by atoms with E-state index in [1.807, 2.05) is 0 Å². The lowest BCUT2D eigenvalue weighted by Crippen LogP contribution is -2.67. The summed E-state index contributed by atoms with van der Waals surface area (Å²) in [5, 5.41) is 123. The van der Waals surface area contributed by atoms with Crippen LogP contribution in [0.1, 0.15) is 13.8 Å². The third-order valence-corrected chi connectivity index (χ3v) is 8.13. The summed E-state index contributed by atoms with van der Waals surface area (Å²) < 4.78 is 38.6. The van der Waals surface area contributed by atoms with Gasteiger partial charge >= 0.3 is 0 Å². The fraction of sp³-hybridized carbons (Fsp3) is 1.00. The van der Waals surface area contributed by atoms with Crippen molar-refractivity contribution < 1.29 is 94.4 Å². The van der Waals surface area contributed by atoms with Gasteiger partial charge in [0.25, 0.3) is 0 Å². The van der Waals surface area contributed by atoms with Crippen molar-refractivity contribution in [3.63, 3.8) is 0 Å². The van der Waals surface area contributed by atoms with Crippen molar-refractivity contribution in [3.05, 3.63) is 0 Å². The lowest BCUT2D eigenvalue weighted by molar-refractivity contribution is -0.395. The molecule has 0 bridgehead atoms. The van der Waals surface area contributed by atoms with Crippen LogP contribution in [0, 0.1) is 0 Å². The third kappa shape index (κ3) is 7.00. The maximum absolute atomic E-state index is 11.2. The van der Waals surface area contributed by atoms with E-state index in [0.717, 1.165) is 0 Å². The van der Waals surface area contributed by atoms with Crippen LogP contribution in [-0.4, -0.2) is 197 Å². The molecule has 0 spiro atoms. The van der Waals surface area contributed by atoms with Crippen LogP contribution in [0.3, 0.4) is 0 Å². The molecule has 4 heterocycles. The molecule has 4 rings (SSSR count). The van der Waals surface area contributed by atoms with Crippen LogP contribution >= 0.6 is 0 Å². The van der Waals surface area contributed by atoms with Crippen LogP contribution in [-0.2, 0) is 33.2 Å². The van der Waals surface area contributed by atoms with Crippen LogP contribution in [0.15, 0.2) is 0 Å². The second-order valence-corrected chi connectivity index (χ2v) is 11.1. The van der Waals surface area contributed by atoms with Crippen molar-refractivity contribution in [2.24, 2.45) is 0 Å². The van der Waals surface area contributed by atoms with Crippen LogP contribution in [0.25, 0.3) is 0 Å². The molecule has 0 amide bonds. The van der Waals surface area contributed by atoms with Gasteiger partial charge in [-0.25, -0.2) is 0 Å². The van der Waals surface area contributed by atoms with Crippen molar-refractivity contribution in [1.29, 1.82) is 0 Å². The second-order valence-electron chi connectivity index (χ2n) is 11.1. The normalized spacial score (nSPS) is 54.8. The minimum atomic E-state index is -1.93. The summed E-state index contributed by atoms with van der Waals surface area (Å²) in [6.07, 6.45) is -32.9. The maximum Gasteiger partial charge on any atom is 0.187 e. The van der Waals surface area contributed by atoms with Crippen molar-refractivity contribution >= 4 is 0 Å². The van der Waals surface area contributed by atoms with Crippen LogP contribution in [0.4, 0.5) is 0 Å². The molecule has 0 saturated carbocycles. The van der Waals surface area contributed by atoms with Crippen molar-refractivity contribution in [2.75, 3.05) is 13.2 Å². The molecule has 4 saturated heterocycles. The summed E-state index contributed by atoms with van der Waals surface area (Å²) in [5.41, 5.74) is 0. The van der Waals surface area contributed by atoms with E-state index in [1.54, 1.807) is 0 Å². The van der Waals surface area contributed by atoms with Crippen LogP contribution < -0.4 is 0 Å². The van der Waals surface area contributed by atoms with Crippen molar-refractivity contribution in [3.8, 4) is 0 Å². The van der Waals surface area contributed by atoms with Gasteiger partial charge in [-0.3, -0.25) is 0 Å². The van der Waals surface area contributed by atoms with E-state index in [9.17, 15) is 61.3 Å². The minimum Gasteiger partial charge on any atom is -0.394 e. The molecular formula is C24H42O19. The zero-order chi connectivity index (χ0) is 31.9. The van der Waals surface area contributed by atoms with Gasteiger partial charge in [-0.05, 0) is 13.8 Å². The van der Waals surface area contributed by atoms with E-state index >= 15 is 0 Å². The summed E-state index contributed by atoms with van der Waals surface area (Å²) in [4.78, 5) is 0. The van der Waals surface area contributed by atoms with E-state index in [2.05, 4.69) is 0 Å². The molecule has 4 fully saturated rings. The van der Waals surface area contributed by atoms with Crippen LogP contribution in [0.5, 0.6) is 0 Å². The summed E-state index contributed by atoms with van der Waals surface area (Å²) >= 11 is 0. The Labute approximate surface area is 244 Å². The Kier molecular flexibility index (Phi) is 11.7. The summed E-state index contributed by atoms with van der Waals surface area (Å²) in [6.45, 7) is 1.13. The van der Waals surface area contributed by atoms with Gasteiger partial charge in [0.1, 0.15) is 85.5 Å². The van der Waals surface area contributed by atoms with Gasteiger partial charge in [0, 0.05) is 0 Å². The number of rotatable bonds is 8. The molecule has 4 aliphatic heterocycles. The molecule has 0 aliphatic carbocycles. The highest BCUT2D eigenvalue weighted by Gasteiger charge is 2.55. The van der Waals surface area contributed by atoms with E-state index in [1.165, 1.54) is 13.8 Å². The van der Waals surface area contributed by atoms with Crippen molar-refractivity contribution in [1.82, 2.24) is 0 Å². The first-order valence-electron chi connectivity index (χ1n) is 13.8. The maximum atomic E-state index is 11.2. The molecule has 0 aromatic heterocycles. The summed E-state index contributed by atoms with van der Waals surface area (Å²) in [7, 11) is 0. The highest BCUT2D eigenvalue weighted by atomic mass is 16.8. The highest BCUT2D eigenvalue weighted by molar-refractivity contribution is 4.97. The predicted molar refractivity (Wildman–Crippen MR) is 131 cm³/mol. The Morgan fingerprint density at radius 2 is 0.884 bits per heavy atom. The molecule has 19 heteroatoms. The van der Waals surface area contributed by atoms with Gasteiger partial charge in [-0.1, -0.05) is 0 Å². The van der Waals surface area contributed by atoms with Crippen molar-refractivity contribution in [2.45, 2.75) is 137 Å². The lowest BCUT2D eigenvalue weighted by atomic mass is 9.96. The highest BCUT2D eigenvalue weighted by Crippen LogP contribution is 2.34. The van der Waals surface area contributed by atoms with E-state index in [0.29, 0.717) is 0 Å². The molecule has 0 aromatic rings. The Bertz CT molecular complexity index is 884. The molecule has 252 valence electrons. The minimum absolute atomic E-state index is 0.782. The second kappa shape index (κ2) is 14.3. The summed E-state index contributed by atoms with van der Waals surface area (Å²) in [5.74, 6) is 0. The first-order chi connectivity index (χ1) is 20.2. The topological polar surface area (TPSA) is 307 Å². The van der Waals surface area contributed by atoms with Crippen LogP contribution in [0.2, 0.25) is 0 Å². The van der Waals surface area contributed by atoms with Gasteiger partial charge < -0.3 is 94.4 Å². The Hall–Kier alpha value is -0.760. The fourth-order valence-electron chi connectivity index (χ4n) is 5.40. The molecular weight excluding hydrogens is 592 g/mol. The molecule has 4 aliphatic rings. The van der Waals surface area contributed by atoms with Gasteiger partial charge in [-0.2, -0.15) is 0 Å². The van der Waals surface area contributed by atoms with Gasteiger partial charge in [-0.15, -0.1) is 0 Å². The van der Waals surface area contributed by atoms with E-state index in [-0.39, 0.29) is 0 Å². The monoisotopic (exact) mass is 634 g/mol. The standard InChI is InChI=1S/C24H42O19/c1-5-9(27)12(30)15(33)22(37-5)42-19-17(35)18(8(4-26)39-21(19)36)41-24-20(14(32)10(28)6(2)38-24)43-23-16(34)13(31)11(29)7(3-25)40-23/h5-36H,3-4H2,1-2H3/t5-,6-,7+,8+,9-,10+,11+,12+,13-,14+,15+,16+,17-,18+,19+,20-,21+,22+,23-,24+/m0/s1. The van der Waals surface area contributed by atoms with E-state index < -0.39 is 136 Å². The zero-order valence-electron chi connectivity index (χ0n) is 23.2. The third-order valence-electron chi connectivity index (χ3n) is 8.13. The number of hydrogen-bond donors (Lipinski definition) is 12. The van der Waals surface area contributed by atoms with Gasteiger partial charge in [0.2, 0.25) is 0 Å². The molecule has 12 N–H and O–H groups in total. The Balaban J connectivity index is 1.54. The largest absolute Gasteiger partial charge is 0.394 e. The first-order valence-corrected chi connectivity index (χ1v) is 13.8. The average Bonchev–Trinajstić information content (AvgIpc) is 2.98. The number of aliphatic hydroxyl groups excluding tert-OH is 12. The summed E-state index contributed by atoms with van der Waals surface area (Å²) in [6, 6.07) is 0. The molecule has 43 heavy (non-hydrogen) atoms. The average molecular weight is 635 g/mol. The Morgan fingerprint density at radius 3 is 1.47 bits per heavy atom.